The fourth-order valence-corrected chi connectivity index (χ4v) is 2.60. The number of hydrogen-bond acceptors (Lipinski definition) is 6. The Morgan fingerprint density at radius 2 is 1.85 bits per heavy atom. The maximum Gasteiger partial charge on any atom is 0.306 e. The first-order valence-electron chi connectivity index (χ1n) is 7.90. The summed E-state index contributed by atoms with van der Waals surface area (Å²) in [6.45, 7) is -0.439. The number of esters is 1. The average molecular weight is 413 g/mol. The second-order valence-electron chi connectivity index (χ2n) is 5.38. The Morgan fingerprint density at radius 3 is 2.52 bits per heavy atom. The van der Waals surface area contributed by atoms with Crippen LogP contribution in [0.25, 0.3) is 0 Å². The number of benzene rings is 1. The van der Waals surface area contributed by atoms with Crippen LogP contribution in [0.4, 0.5) is 5.82 Å². The van der Waals surface area contributed by atoms with Crippen LogP contribution >= 0.6 is 23.2 Å². The van der Waals surface area contributed by atoms with Gasteiger partial charge in [0.1, 0.15) is 0 Å². The molecule has 2 aromatic rings. The standard InChI is InChI=1S/C18H18Cl2N2O5/c1-25-14-5-3-11(7-15(14)26-2)4-6-17(24)27-10-16(23)22-18-13(20)8-12(19)9-21-18/h3,5,7-9H,4,6,10H2,1-2H3,(H,21,22,23). The SMILES string of the molecule is COc1ccc(CCC(=O)OCC(=O)Nc2ncc(Cl)cc2Cl)cc1OC. The first kappa shape index (κ1) is 20.8. The van der Waals surface area contributed by atoms with E-state index in [-0.39, 0.29) is 17.3 Å². The minimum absolute atomic E-state index is 0.114. The molecule has 27 heavy (non-hydrogen) atoms. The molecule has 144 valence electrons. The number of nitrogens with zero attached hydrogens (tertiary/aromatic N) is 1. The van der Waals surface area contributed by atoms with Gasteiger partial charge in [0, 0.05) is 12.6 Å². The third-order valence-electron chi connectivity index (χ3n) is 3.50. The number of aromatic nitrogens is 1. The van der Waals surface area contributed by atoms with Gasteiger partial charge in [-0.2, -0.15) is 0 Å². The van der Waals surface area contributed by atoms with Crippen molar-refractivity contribution in [1.82, 2.24) is 4.98 Å². The van der Waals surface area contributed by atoms with Crippen molar-refractivity contribution in [3.63, 3.8) is 0 Å². The molecular formula is C18H18Cl2N2O5. The largest absolute Gasteiger partial charge is 0.493 e. The Bertz CT molecular complexity index is 829. The fraction of sp³-hybridized carbons (Fsp3) is 0.278. The summed E-state index contributed by atoms with van der Waals surface area (Å²) >= 11 is 11.6. The number of pyridine rings is 1. The molecule has 1 N–H and O–H groups in total. The van der Waals surface area contributed by atoms with Crippen LogP contribution in [0, 0.1) is 0 Å². The van der Waals surface area contributed by atoms with Gasteiger partial charge in [-0.3, -0.25) is 9.59 Å². The van der Waals surface area contributed by atoms with Gasteiger partial charge >= 0.3 is 5.97 Å². The molecule has 0 unspecified atom stereocenters. The van der Waals surface area contributed by atoms with E-state index < -0.39 is 18.5 Å². The van der Waals surface area contributed by atoms with Gasteiger partial charge in [-0.15, -0.1) is 0 Å². The zero-order valence-corrected chi connectivity index (χ0v) is 16.3. The first-order valence-corrected chi connectivity index (χ1v) is 8.66. The Kier molecular flexibility index (Phi) is 7.69. The number of anilines is 1. The van der Waals surface area contributed by atoms with Crippen LogP contribution in [-0.4, -0.2) is 37.7 Å². The van der Waals surface area contributed by atoms with E-state index in [9.17, 15) is 9.59 Å². The highest BCUT2D eigenvalue weighted by Gasteiger charge is 2.12. The quantitative estimate of drug-likeness (QED) is 0.667. The van der Waals surface area contributed by atoms with Crippen LogP contribution in [0.15, 0.2) is 30.5 Å². The summed E-state index contributed by atoms with van der Waals surface area (Å²) < 4.78 is 15.3. The average Bonchev–Trinajstić information content (AvgIpc) is 2.66. The second-order valence-corrected chi connectivity index (χ2v) is 6.23. The van der Waals surface area contributed by atoms with Crippen LogP contribution in [0.1, 0.15) is 12.0 Å². The highest BCUT2D eigenvalue weighted by molar-refractivity contribution is 6.36. The molecule has 7 nitrogen and oxygen atoms in total. The van der Waals surface area contributed by atoms with Gasteiger partial charge in [0.05, 0.1) is 24.3 Å². The molecule has 2 rings (SSSR count). The molecule has 0 fully saturated rings. The lowest BCUT2D eigenvalue weighted by Crippen LogP contribution is -2.21. The Morgan fingerprint density at radius 1 is 1.11 bits per heavy atom. The van der Waals surface area contributed by atoms with Gasteiger partial charge in [0.2, 0.25) is 0 Å². The number of ether oxygens (including phenoxy) is 3. The van der Waals surface area contributed by atoms with E-state index in [4.69, 9.17) is 37.4 Å². The molecule has 0 aliphatic rings. The fourth-order valence-electron chi connectivity index (χ4n) is 2.18. The summed E-state index contributed by atoms with van der Waals surface area (Å²) in [4.78, 5) is 27.6. The number of carbonyl (C=O) groups excluding carboxylic acids is 2. The Hall–Kier alpha value is -2.51. The summed E-state index contributed by atoms with van der Waals surface area (Å²) in [5, 5.41) is 2.98. The van der Waals surface area contributed by atoms with E-state index >= 15 is 0 Å². The second kappa shape index (κ2) is 9.99. The number of rotatable bonds is 8. The molecule has 0 saturated carbocycles. The van der Waals surface area contributed by atoms with Gasteiger partial charge in [0.25, 0.3) is 5.91 Å². The lowest BCUT2D eigenvalue weighted by atomic mass is 10.1. The van der Waals surface area contributed by atoms with Crippen LogP contribution < -0.4 is 14.8 Å². The minimum atomic E-state index is -0.550. The molecule has 0 bridgehead atoms. The molecule has 1 aromatic heterocycles. The summed E-state index contributed by atoms with van der Waals surface area (Å²) in [6.07, 6.45) is 1.90. The Labute approximate surface area is 166 Å². The van der Waals surface area contributed by atoms with Gasteiger partial charge < -0.3 is 19.5 Å². The van der Waals surface area contributed by atoms with Crippen molar-refractivity contribution in [2.75, 3.05) is 26.1 Å². The molecule has 9 heteroatoms. The van der Waals surface area contributed by atoms with Gasteiger partial charge in [-0.1, -0.05) is 29.3 Å². The molecule has 0 saturated heterocycles. The zero-order chi connectivity index (χ0) is 19.8. The maximum absolute atomic E-state index is 11.8. The molecule has 0 atom stereocenters. The molecule has 0 aliphatic carbocycles. The molecular weight excluding hydrogens is 395 g/mol. The van der Waals surface area contributed by atoms with E-state index in [0.29, 0.717) is 22.9 Å². The van der Waals surface area contributed by atoms with E-state index in [1.54, 1.807) is 19.2 Å². The number of methoxy groups -OCH3 is 2. The maximum atomic E-state index is 11.8. The lowest BCUT2D eigenvalue weighted by molar-refractivity contribution is -0.147. The monoisotopic (exact) mass is 412 g/mol. The van der Waals surface area contributed by atoms with Crippen LogP contribution in [-0.2, 0) is 20.7 Å². The topological polar surface area (TPSA) is 86.8 Å². The van der Waals surface area contributed by atoms with Crippen LogP contribution in [0.5, 0.6) is 11.5 Å². The number of amides is 1. The molecule has 0 radical (unpaired) electrons. The van der Waals surface area contributed by atoms with E-state index in [1.807, 2.05) is 6.07 Å². The highest BCUT2D eigenvalue weighted by atomic mass is 35.5. The number of carbonyl (C=O) groups is 2. The van der Waals surface area contributed by atoms with Gasteiger partial charge in [0.15, 0.2) is 23.9 Å². The van der Waals surface area contributed by atoms with Crippen LogP contribution in [0.2, 0.25) is 10.0 Å². The Balaban J connectivity index is 1.79. The van der Waals surface area contributed by atoms with Crippen molar-refractivity contribution in [1.29, 1.82) is 0 Å². The van der Waals surface area contributed by atoms with Crippen molar-refractivity contribution >= 4 is 40.9 Å². The summed E-state index contributed by atoms with van der Waals surface area (Å²) in [7, 11) is 3.09. The number of halogens is 2. The minimum Gasteiger partial charge on any atom is -0.493 e. The molecule has 0 spiro atoms. The van der Waals surface area contributed by atoms with Crippen molar-refractivity contribution in [3.8, 4) is 11.5 Å². The third kappa shape index (κ3) is 6.30. The predicted molar refractivity (Wildman–Crippen MR) is 102 cm³/mol. The van der Waals surface area contributed by atoms with E-state index in [0.717, 1.165) is 5.56 Å². The van der Waals surface area contributed by atoms with Gasteiger partial charge in [-0.05, 0) is 30.2 Å². The highest BCUT2D eigenvalue weighted by Crippen LogP contribution is 2.28. The van der Waals surface area contributed by atoms with Crippen molar-refractivity contribution < 1.29 is 23.8 Å². The number of nitrogens with one attached hydrogen (secondary N) is 1. The van der Waals surface area contributed by atoms with Crippen LogP contribution in [0.3, 0.4) is 0 Å². The molecule has 1 heterocycles. The molecule has 1 amide bonds. The van der Waals surface area contributed by atoms with Gasteiger partial charge in [-0.25, -0.2) is 4.98 Å². The van der Waals surface area contributed by atoms with Crippen molar-refractivity contribution in [3.05, 3.63) is 46.1 Å². The number of hydrogen-bond donors (Lipinski definition) is 1. The summed E-state index contributed by atoms with van der Waals surface area (Å²) in [5.74, 6) is 0.277. The number of aryl methyl sites for hydroxylation is 1. The first-order chi connectivity index (χ1) is 12.9. The van der Waals surface area contributed by atoms with E-state index in [2.05, 4.69) is 10.3 Å². The summed E-state index contributed by atoms with van der Waals surface area (Å²) in [6, 6.07) is 6.82. The molecule has 0 aliphatic heterocycles. The predicted octanol–water partition coefficient (Wildman–Crippen LogP) is 3.52. The molecule has 1 aromatic carbocycles. The zero-order valence-electron chi connectivity index (χ0n) is 14.8. The lowest BCUT2D eigenvalue weighted by Gasteiger charge is -2.10. The third-order valence-corrected chi connectivity index (χ3v) is 3.99. The van der Waals surface area contributed by atoms with E-state index in [1.165, 1.54) is 19.4 Å². The van der Waals surface area contributed by atoms with Crippen molar-refractivity contribution in [2.45, 2.75) is 12.8 Å². The smallest absolute Gasteiger partial charge is 0.306 e. The normalized spacial score (nSPS) is 10.2. The van der Waals surface area contributed by atoms with Crippen molar-refractivity contribution in [2.24, 2.45) is 0 Å². The summed E-state index contributed by atoms with van der Waals surface area (Å²) in [5.41, 5.74) is 0.881.